The van der Waals surface area contributed by atoms with Gasteiger partial charge in [0.15, 0.2) is 0 Å². The Kier molecular flexibility index (Phi) is 13.5. The van der Waals surface area contributed by atoms with Gasteiger partial charge in [0, 0.05) is 103 Å². The lowest BCUT2D eigenvalue weighted by atomic mass is 10.0. The molecule has 0 amide bonds. The molecule has 0 aromatic heterocycles. The summed E-state index contributed by atoms with van der Waals surface area (Å²) in [5.41, 5.74) is 66.5. The second-order valence-corrected chi connectivity index (χ2v) is 17.4. The van der Waals surface area contributed by atoms with Crippen molar-refractivity contribution in [2.75, 3.05) is 0 Å². The zero-order valence-electron chi connectivity index (χ0n) is 38.3. The van der Waals surface area contributed by atoms with Crippen molar-refractivity contribution < 1.29 is 0 Å². The molecule has 354 valence electrons. The Morgan fingerprint density at radius 2 is 0.389 bits per heavy atom. The maximum absolute atomic E-state index is 9.86. The summed E-state index contributed by atoms with van der Waals surface area (Å²) in [6.07, 6.45) is -2.98. The SMILES string of the molecule is [N-]=[N+]=Nc1ccccc1CN1C2C3N(Cc4ccccc4N=[N+]=[N-])C1C1N(Cc4ccccc4N=[N+]=[N-])C(C(N1Cc1ccccc1N=[N+]=[N-])N3Cc1ccccc1N=[N+]=[N-])N2Cc1ccccc1N=[N+]=[N-]. The molecule has 24 nitrogen and oxygen atoms in total. The summed E-state index contributed by atoms with van der Waals surface area (Å²) >= 11 is 0. The van der Waals surface area contributed by atoms with Crippen molar-refractivity contribution in [2.45, 2.75) is 76.3 Å². The first kappa shape index (κ1) is 46.7. The van der Waals surface area contributed by atoms with Gasteiger partial charge in [0.05, 0.1) is 37.0 Å². The van der Waals surface area contributed by atoms with Gasteiger partial charge in [0.1, 0.15) is 0 Å². The van der Waals surface area contributed by atoms with Gasteiger partial charge < -0.3 is 0 Å². The van der Waals surface area contributed by atoms with E-state index in [2.05, 4.69) is 89.6 Å². The maximum Gasteiger partial charge on any atom is 0.0955 e. The van der Waals surface area contributed by atoms with Gasteiger partial charge in [-0.15, -0.1) is 0 Å². The Balaban J connectivity index is 1.30. The topological polar surface area (TPSA) is 312 Å². The molecule has 6 aromatic carbocycles. The third-order valence-electron chi connectivity index (χ3n) is 13.9. The highest BCUT2D eigenvalue weighted by Gasteiger charge is 2.71. The van der Waals surface area contributed by atoms with E-state index in [-0.39, 0.29) is 39.3 Å². The highest BCUT2D eigenvalue weighted by molar-refractivity contribution is 5.51. The van der Waals surface area contributed by atoms with Crippen LogP contribution in [0.2, 0.25) is 0 Å². The van der Waals surface area contributed by atoms with Crippen LogP contribution in [0.15, 0.2) is 176 Å². The van der Waals surface area contributed by atoms with E-state index in [0.717, 1.165) is 33.4 Å². The standard InChI is InChI=1S/C48H42N24/c49-61-55-37-19-7-1-13-31(37)25-67-43-44-68(26-32-14-2-8-20-38(32)56-62-50)47(67)48-69(27-33-15-3-9-21-39(33)57-63-51)45(71(43)29-35-17-5-11-23-41(35)59-65-53)46(70(48)28-34-16-4-10-22-40(34)58-64-52)72(44)30-36-18-6-12-24-42(36)60-66-54/h1-24,43-48H,25-30H2. The number of benzene rings is 6. The minimum atomic E-state index is -0.529. The monoisotopic (exact) mass is 954 g/mol. The lowest BCUT2D eigenvalue weighted by Crippen LogP contribution is -2.73. The quantitative estimate of drug-likeness (QED) is 0.0457. The second-order valence-electron chi connectivity index (χ2n) is 17.4. The van der Waals surface area contributed by atoms with Crippen LogP contribution in [0.4, 0.5) is 34.1 Å². The molecule has 5 heterocycles. The third-order valence-corrected chi connectivity index (χ3v) is 13.9. The summed E-state index contributed by atoms with van der Waals surface area (Å²) in [7, 11) is 0. The number of piperazine rings is 1. The minimum Gasteiger partial charge on any atom is -0.262 e. The molecule has 6 bridgehead atoms. The van der Waals surface area contributed by atoms with E-state index in [1.165, 1.54) is 0 Å². The van der Waals surface area contributed by atoms with E-state index >= 15 is 0 Å². The van der Waals surface area contributed by atoms with Crippen LogP contribution in [-0.4, -0.2) is 66.4 Å². The van der Waals surface area contributed by atoms with Crippen LogP contribution in [0.5, 0.6) is 0 Å². The predicted octanol–water partition coefficient (Wildman–Crippen LogP) is 13.7. The van der Waals surface area contributed by atoms with E-state index in [9.17, 15) is 33.2 Å². The number of hydrogen-bond acceptors (Lipinski definition) is 12. The van der Waals surface area contributed by atoms with E-state index in [1.807, 2.05) is 109 Å². The average molecular weight is 955 g/mol. The molecular formula is C48H42N24. The highest BCUT2D eigenvalue weighted by atomic mass is 15.8. The molecule has 0 atom stereocenters. The molecule has 0 aliphatic carbocycles. The van der Waals surface area contributed by atoms with Gasteiger partial charge in [-0.25, -0.2) is 0 Å². The molecule has 0 spiro atoms. The van der Waals surface area contributed by atoms with Crippen molar-refractivity contribution in [1.29, 1.82) is 0 Å². The molecule has 5 aliphatic heterocycles. The van der Waals surface area contributed by atoms with Crippen molar-refractivity contribution in [3.63, 3.8) is 0 Å². The van der Waals surface area contributed by atoms with Crippen LogP contribution in [0.25, 0.3) is 62.7 Å². The number of hydrogen-bond donors (Lipinski definition) is 0. The molecule has 0 N–H and O–H groups in total. The number of azide groups is 6. The number of nitrogens with zero attached hydrogens (tertiary/aromatic N) is 24. The Hall–Kier alpha value is -9.06. The van der Waals surface area contributed by atoms with Gasteiger partial charge in [-0.05, 0) is 66.6 Å². The molecule has 11 rings (SSSR count). The first-order chi connectivity index (χ1) is 35.5. The molecular weight excluding hydrogens is 913 g/mol. The lowest BCUT2D eigenvalue weighted by Gasteiger charge is -2.56. The van der Waals surface area contributed by atoms with Gasteiger partial charge in [0.25, 0.3) is 0 Å². The predicted molar refractivity (Wildman–Crippen MR) is 267 cm³/mol. The Labute approximate surface area is 410 Å². The van der Waals surface area contributed by atoms with Crippen LogP contribution in [0.3, 0.4) is 0 Å². The molecule has 0 radical (unpaired) electrons. The molecule has 5 fully saturated rings. The van der Waals surface area contributed by atoms with Crippen molar-refractivity contribution in [2.24, 2.45) is 30.7 Å². The average Bonchev–Trinajstić information content (AvgIpc) is 3.82. The summed E-state index contributed by atoms with van der Waals surface area (Å²) in [6, 6.07) is 44.9. The van der Waals surface area contributed by atoms with Crippen molar-refractivity contribution in [3.05, 3.63) is 242 Å². The fraction of sp³-hybridized carbons (Fsp3) is 0.250. The third kappa shape index (κ3) is 8.67. The highest BCUT2D eigenvalue weighted by Crippen LogP contribution is 2.55. The lowest BCUT2D eigenvalue weighted by molar-refractivity contribution is -0.166. The van der Waals surface area contributed by atoms with Crippen molar-refractivity contribution in [1.82, 2.24) is 29.4 Å². The van der Waals surface area contributed by atoms with Gasteiger partial charge in [0.2, 0.25) is 0 Å². The Bertz CT molecular complexity index is 2970. The van der Waals surface area contributed by atoms with Gasteiger partial charge in [-0.3, -0.25) is 29.4 Å². The van der Waals surface area contributed by atoms with E-state index < -0.39 is 37.0 Å². The van der Waals surface area contributed by atoms with Crippen LogP contribution >= 0.6 is 0 Å². The van der Waals surface area contributed by atoms with Crippen LogP contribution < -0.4 is 0 Å². The maximum atomic E-state index is 9.86. The summed E-state index contributed by atoms with van der Waals surface area (Å²) in [5.74, 6) is 0. The Morgan fingerprint density at radius 3 is 0.528 bits per heavy atom. The first-order valence-electron chi connectivity index (χ1n) is 22.8. The van der Waals surface area contributed by atoms with Crippen LogP contribution in [-0.2, 0) is 39.3 Å². The van der Waals surface area contributed by atoms with Gasteiger partial charge in [-0.2, -0.15) is 0 Å². The molecule has 5 aliphatic rings. The summed E-state index contributed by atoms with van der Waals surface area (Å²) in [4.78, 5) is 33.9. The van der Waals surface area contributed by atoms with E-state index in [1.54, 1.807) is 36.4 Å². The van der Waals surface area contributed by atoms with Gasteiger partial charge >= 0.3 is 0 Å². The van der Waals surface area contributed by atoms with Crippen LogP contribution in [0, 0.1) is 0 Å². The second kappa shape index (κ2) is 20.9. The summed E-state index contributed by atoms with van der Waals surface area (Å²) < 4.78 is 0. The smallest absolute Gasteiger partial charge is 0.0955 e. The van der Waals surface area contributed by atoms with Crippen LogP contribution in [0.1, 0.15) is 33.4 Å². The van der Waals surface area contributed by atoms with E-state index in [4.69, 9.17) is 0 Å². The zero-order valence-corrected chi connectivity index (χ0v) is 38.3. The fourth-order valence-electron chi connectivity index (χ4n) is 11.2. The molecule has 0 unspecified atom stereocenters. The van der Waals surface area contributed by atoms with E-state index in [0.29, 0.717) is 34.1 Å². The number of rotatable bonds is 18. The molecule has 24 heteroatoms. The van der Waals surface area contributed by atoms with Crippen molar-refractivity contribution >= 4 is 34.1 Å². The normalized spacial score (nSPS) is 21.3. The first-order valence-corrected chi connectivity index (χ1v) is 22.8. The summed E-state index contributed by atoms with van der Waals surface area (Å²) in [5, 5.41) is 25.0. The minimum absolute atomic E-state index is 0.285. The Morgan fingerprint density at radius 1 is 0.250 bits per heavy atom. The van der Waals surface area contributed by atoms with Gasteiger partial charge in [-0.1, -0.05) is 176 Å². The zero-order chi connectivity index (χ0) is 49.6. The largest absolute Gasteiger partial charge is 0.262 e. The molecule has 0 saturated carbocycles. The fourth-order valence-corrected chi connectivity index (χ4v) is 11.2. The molecule has 5 saturated heterocycles. The summed E-state index contributed by atoms with van der Waals surface area (Å²) in [6.45, 7) is 1.71. The van der Waals surface area contributed by atoms with Crippen molar-refractivity contribution in [3.8, 4) is 0 Å². The molecule has 6 aromatic rings. The molecule has 72 heavy (non-hydrogen) atoms.